The minimum Gasteiger partial charge on any atom is -0.372 e. The number of sulfonamides is 1. The third-order valence-corrected chi connectivity index (χ3v) is 7.71. The van der Waals surface area contributed by atoms with Gasteiger partial charge in [0, 0.05) is 24.5 Å². The van der Waals surface area contributed by atoms with Gasteiger partial charge in [-0.25, -0.2) is 8.42 Å². The molecule has 0 unspecified atom stereocenters. The zero-order valence-electron chi connectivity index (χ0n) is 19.0. The van der Waals surface area contributed by atoms with Crippen molar-refractivity contribution in [3.8, 4) is 0 Å². The Kier molecular flexibility index (Phi) is 7.26. The van der Waals surface area contributed by atoms with Crippen molar-refractivity contribution in [1.29, 1.82) is 0 Å². The number of hydrogen-bond acceptors (Lipinski definition) is 5. The van der Waals surface area contributed by atoms with Gasteiger partial charge in [-0.1, -0.05) is 24.3 Å². The molecular formula is C24H29N3O3S2. The fraction of sp³-hybridized carbons (Fsp3) is 0.292. The molecule has 170 valence electrons. The molecule has 0 atom stereocenters. The summed E-state index contributed by atoms with van der Waals surface area (Å²) in [5, 5.41) is 4.73. The molecule has 0 bridgehead atoms. The second-order valence-electron chi connectivity index (χ2n) is 7.57. The first-order chi connectivity index (χ1) is 15.2. The number of rotatable bonds is 8. The van der Waals surface area contributed by atoms with Crippen molar-refractivity contribution in [2.45, 2.75) is 39.5 Å². The fourth-order valence-electron chi connectivity index (χ4n) is 3.93. The highest BCUT2D eigenvalue weighted by atomic mass is 32.2. The highest BCUT2D eigenvalue weighted by Crippen LogP contribution is 2.35. The molecule has 2 aromatic carbocycles. The van der Waals surface area contributed by atoms with Crippen LogP contribution in [-0.4, -0.2) is 27.4 Å². The van der Waals surface area contributed by atoms with Gasteiger partial charge in [-0.15, -0.1) is 11.3 Å². The molecule has 1 aromatic heterocycles. The van der Waals surface area contributed by atoms with E-state index in [9.17, 15) is 13.2 Å². The average Bonchev–Trinajstić information content (AvgIpc) is 3.22. The number of carbonyl (C=O) groups excluding carboxylic acids is 1. The summed E-state index contributed by atoms with van der Waals surface area (Å²) in [5.41, 5.74) is 5.27. The van der Waals surface area contributed by atoms with Crippen LogP contribution in [-0.2, 0) is 10.0 Å². The van der Waals surface area contributed by atoms with E-state index in [1.165, 1.54) is 23.5 Å². The van der Waals surface area contributed by atoms with Gasteiger partial charge >= 0.3 is 0 Å². The number of thiophene rings is 1. The summed E-state index contributed by atoms with van der Waals surface area (Å²) in [6, 6.07) is 11.8. The molecule has 0 aliphatic rings. The average molecular weight is 472 g/mol. The number of carbonyl (C=O) groups is 1. The fourth-order valence-corrected chi connectivity index (χ4v) is 5.83. The lowest BCUT2D eigenvalue weighted by atomic mass is 10.0. The first kappa shape index (κ1) is 23.8. The van der Waals surface area contributed by atoms with Crippen LogP contribution in [0.1, 0.15) is 40.2 Å². The zero-order valence-corrected chi connectivity index (χ0v) is 20.7. The Bertz CT molecular complexity index is 1210. The number of nitrogens with one attached hydrogen (secondary N) is 2. The van der Waals surface area contributed by atoms with E-state index in [2.05, 4.69) is 41.8 Å². The van der Waals surface area contributed by atoms with E-state index < -0.39 is 10.0 Å². The third kappa shape index (κ3) is 4.81. The number of anilines is 3. The molecule has 3 rings (SSSR count). The highest BCUT2D eigenvalue weighted by molar-refractivity contribution is 7.92. The number of benzene rings is 2. The predicted molar refractivity (Wildman–Crippen MR) is 134 cm³/mol. The molecule has 8 heteroatoms. The third-order valence-electron chi connectivity index (χ3n) is 5.42. The molecule has 0 saturated heterocycles. The molecule has 2 N–H and O–H groups in total. The summed E-state index contributed by atoms with van der Waals surface area (Å²) >= 11 is 1.20. The lowest BCUT2D eigenvalue weighted by molar-refractivity contribution is 0.103. The predicted octanol–water partition coefficient (Wildman–Crippen LogP) is 5.57. The molecule has 3 aromatic rings. The number of amides is 1. The van der Waals surface area contributed by atoms with E-state index in [4.69, 9.17) is 0 Å². The van der Waals surface area contributed by atoms with Crippen molar-refractivity contribution < 1.29 is 13.2 Å². The van der Waals surface area contributed by atoms with Crippen molar-refractivity contribution in [3.05, 3.63) is 69.4 Å². The summed E-state index contributed by atoms with van der Waals surface area (Å²) < 4.78 is 28.0. The SMILES string of the molecule is CCN(CC)c1c(C)cc(C)c(NC(=O)c2sccc2NS(=O)(=O)c2ccccc2)c1C. The molecule has 0 radical (unpaired) electrons. The van der Waals surface area contributed by atoms with Crippen molar-refractivity contribution in [3.63, 3.8) is 0 Å². The molecule has 0 aliphatic heterocycles. The largest absolute Gasteiger partial charge is 0.372 e. The Labute approximate surface area is 194 Å². The van der Waals surface area contributed by atoms with E-state index in [0.717, 1.165) is 41.2 Å². The Hall–Kier alpha value is -2.84. The minimum atomic E-state index is -3.79. The molecule has 0 spiro atoms. The second kappa shape index (κ2) is 9.75. The maximum atomic E-state index is 13.2. The van der Waals surface area contributed by atoms with Crippen LogP contribution in [0.4, 0.5) is 17.1 Å². The Balaban J connectivity index is 1.92. The second-order valence-corrected chi connectivity index (χ2v) is 10.2. The topological polar surface area (TPSA) is 78.5 Å². The van der Waals surface area contributed by atoms with Crippen molar-refractivity contribution >= 4 is 44.3 Å². The quantitative estimate of drug-likeness (QED) is 0.450. The smallest absolute Gasteiger partial charge is 0.267 e. The van der Waals surface area contributed by atoms with Crippen LogP contribution in [0.5, 0.6) is 0 Å². The normalized spacial score (nSPS) is 11.3. The van der Waals surface area contributed by atoms with Gasteiger partial charge in [0.05, 0.1) is 10.6 Å². The molecule has 1 amide bonds. The van der Waals surface area contributed by atoms with Crippen LogP contribution < -0.4 is 14.9 Å². The molecular weight excluding hydrogens is 442 g/mol. The van der Waals surface area contributed by atoms with Crippen LogP contribution >= 0.6 is 11.3 Å². The molecule has 1 heterocycles. The standard InChI is InChI=1S/C24H29N3O3S2/c1-6-27(7-2)22-17(4)15-16(3)21(18(22)5)25-24(28)23-20(13-14-31-23)26-32(29,30)19-11-9-8-10-12-19/h8-15,26H,6-7H2,1-5H3,(H,25,28). The first-order valence-corrected chi connectivity index (χ1v) is 12.9. The first-order valence-electron chi connectivity index (χ1n) is 10.5. The van der Waals surface area contributed by atoms with Gasteiger partial charge < -0.3 is 10.2 Å². The summed E-state index contributed by atoms with van der Waals surface area (Å²) in [5.74, 6) is -0.341. The molecule has 0 saturated carbocycles. The van der Waals surface area contributed by atoms with Crippen LogP contribution in [0.2, 0.25) is 0 Å². The molecule has 32 heavy (non-hydrogen) atoms. The Morgan fingerprint density at radius 2 is 1.66 bits per heavy atom. The van der Waals surface area contributed by atoms with Crippen LogP contribution in [0, 0.1) is 20.8 Å². The van der Waals surface area contributed by atoms with Gasteiger partial charge in [0.25, 0.3) is 15.9 Å². The van der Waals surface area contributed by atoms with Crippen molar-refractivity contribution in [1.82, 2.24) is 0 Å². The van der Waals surface area contributed by atoms with E-state index in [1.807, 2.05) is 13.8 Å². The van der Waals surface area contributed by atoms with Gasteiger partial charge in [-0.2, -0.15) is 0 Å². The van der Waals surface area contributed by atoms with Crippen LogP contribution in [0.25, 0.3) is 0 Å². The number of nitrogens with zero attached hydrogens (tertiary/aromatic N) is 1. The lowest BCUT2D eigenvalue weighted by Gasteiger charge is -2.28. The molecule has 6 nitrogen and oxygen atoms in total. The van der Waals surface area contributed by atoms with E-state index >= 15 is 0 Å². The maximum absolute atomic E-state index is 13.2. The van der Waals surface area contributed by atoms with Crippen molar-refractivity contribution in [2.24, 2.45) is 0 Å². The van der Waals surface area contributed by atoms with E-state index in [1.54, 1.807) is 29.6 Å². The van der Waals surface area contributed by atoms with Gasteiger partial charge in [0.2, 0.25) is 0 Å². The zero-order chi connectivity index (χ0) is 23.5. The highest BCUT2D eigenvalue weighted by Gasteiger charge is 2.22. The molecule has 0 fully saturated rings. The van der Waals surface area contributed by atoms with Gasteiger partial charge in [-0.05, 0) is 74.9 Å². The van der Waals surface area contributed by atoms with E-state index in [-0.39, 0.29) is 16.5 Å². The summed E-state index contributed by atoms with van der Waals surface area (Å²) in [6.45, 7) is 12.0. The Morgan fingerprint density at radius 3 is 2.28 bits per heavy atom. The van der Waals surface area contributed by atoms with Gasteiger partial charge in [0.15, 0.2) is 0 Å². The number of aryl methyl sites for hydroxylation is 2. The monoisotopic (exact) mass is 471 g/mol. The van der Waals surface area contributed by atoms with Gasteiger partial charge in [-0.3, -0.25) is 9.52 Å². The van der Waals surface area contributed by atoms with Gasteiger partial charge in [0.1, 0.15) is 4.88 Å². The lowest BCUT2D eigenvalue weighted by Crippen LogP contribution is -2.25. The molecule has 0 aliphatic carbocycles. The Morgan fingerprint density at radius 1 is 1.00 bits per heavy atom. The minimum absolute atomic E-state index is 0.145. The summed E-state index contributed by atoms with van der Waals surface area (Å²) in [7, 11) is -3.79. The van der Waals surface area contributed by atoms with Crippen LogP contribution in [0.3, 0.4) is 0 Å². The van der Waals surface area contributed by atoms with Crippen LogP contribution in [0.15, 0.2) is 52.7 Å². The maximum Gasteiger partial charge on any atom is 0.267 e. The van der Waals surface area contributed by atoms with E-state index in [0.29, 0.717) is 4.88 Å². The van der Waals surface area contributed by atoms with Crippen molar-refractivity contribution in [2.75, 3.05) is 28.0 Å². The summed E-state index contributed by atoms with van der Waals surface area (Å²) in [4.78, 5) is 15.9. The number of hydrogen-bond donors (Lipinski definition) is 2. The summed E-state index contributed by atoms with van der Waals surface area (Å²) in [6.07, 6.45) is 0.